The first-order valence-electron chi connectivity index (χ1n) is 7.80. The van der Waals surface area contributed by atoms with Gasteiger partial charge in [0, 0.05) is 16.5 Å². The first-order valence-corrected chi connectivity index (χ1v) is 7.80. The van der Waals surface area contributed by atoms with Crippen molar-refractivity contribution >= 4 is 27.8 Å². The Morgan fingerprint density at radius 1 is 1.16 bits per heavy atom. The highest BCUT2D eigenvalue weighted by Crippen LogP contribution is 2.22. The van der Waals surface area contributed by atoms with Crippen molar-refractivity contribution < 1.29 is 13.6 Å². The second-order valence-electron chi connectivity index (χ2n) is 5.69. The molecule has 5 nitrogen and oxygen atoms in total. The van der Waals surface area contributed by atoms with Crippen LogP contribution >= 0.6 is 0 Å². The summed E-state index contributed by atoms with van der Waals surface area (Å²) >= 11 is 0. The summed E-state index contributed by atoms with van der Waals surface area (Å²) in [6.07, 6.45) is 0. The van der Waals surface area contributed by atoms with Gasteiger partial charge in [0.2, 0.25) is 0 Å². The predicted octanol–water partition coefficient (Wildman–Crippen LogP) is 3.75. The minimum absolute atomic E-state index is 0.0533. The van der Waals surface area contributed by atoms with Crippen LogP contribution < -0.4 is 5.32 Å². The summed E-state index contributed by atoms with van der Waals surface area (Å²) in [6, 6.07) is 13.8. The van der Waals surface area contributed by atoms with E-state index in [1.54, 1.807) is 12.1 Å². The molecular weight excluding hydrogens is 321 g/mol. The molecule has 0 atom stereocenters. The zero-order valence-electron chi connectivity index (χ0n) is 13.4. The summed E-state index contributed by atoms with van der Waals surface area (Å²) in [5.74, 6) is -0.375. The molecule has 4 aromatic rings. The lowest BCUT2D eigenvalue weighted by atomic mass is 10.2. The molecular formula is C19H14FN3O2. The molecule has 2 heterocycles. The first kappa shape index (κ1) is 15.3. The average molecular weight is 335 g/mol. The zero-order valence-corrected chi connectivity index (χ0v) is 13.4. The van der Waals surface area contributed by atoms with Crippen molar-refractivity contribution in [3.63, 3.8) is 0 Å². The van der Waals surface area contributed by atoms with E-state index in [4.69, 9.17) is 4.42 Å². The van der Waals surface area contributed by atoms with Crippen LogP contribution in [0.4, 0.5) is 4.39 Å². The SMILES string of the molecule is Cc1nc(CNC(=O)c2cc3cccc(F)c3o2)nc2ccccc12. The number of nitrogens with zero attached hydrogens (tertiary/aromatic N) is 2. The third-order valence-corrected chi connectivity index (χ3v) is 3.97. The number of benzene rings is 2. The number of carbonyl (C=O) groups is 1. The molecule has 4 rings (SSSR count). The van der Waals surface area contributed by atoms with Crippen molar-refractivity contribution in [2.75, 3.05) is 0 Å². The van der Waals surface area contributed by atoms with E-state index in [1.807, 2.05) is 31.2 Å². The molecule has 6 heteroatoms. The van der Waals surface area contributed by atoms with Gasteiger partial charge in [0.05, 0.1) is 12.1 Å². The van der Waals surface area contributed by atoms with Crippen molar-refractivity contribution in [1.82, 2.24) is 15.3 Å². The Hall–Kier alpha value is -3.28. The number of halogens is 1. The van der Waals surface area contributed by atoms with E-state index in [2.05, 4.69) is 15.3 Å². The van der Waals surface area contributed by atoms with Crippen LogP contribution in [0.25, 0.3) is 21.9 Å². The Bertz CT molecular complexity index is 1100. The Kier molecular flexibility index (Phi) is 3.65. The molecule has 0 radical (unpaired) electrons. The number of carbonyl (C=O) groups excluding carboxylic acids is 1. The van der Waals surface area contributed by atoms with Crippen LogP contribution in [0.15, 0.2) is 52.9 Å². The van der Waals surface area contributed by atoms with Gasteiger partial charge >= 0.3 is 0 Å². The Labute approximate surface area is 142 Å². The van der Waals surface area contributed by atoms with Crippen molar-refractivity contribution in [3.05, 3.63) is 71.6 Å². The van der Waals surface area contributed by atoms with Crippen molar-refractivity contribution in [1.29, 1.82) is 0 Å². The maximum Gasteiger partial charge on any atom is 0.287 e. The Morgan fingerprint density at radius 3 is 2.84 bits per heavy atom. The van der Waals surface area contributed by atoms with Gasteiger partial charge in [-0.3, -0.25) is 4.79 Å². The number of para-hydroxylation sites is 2. The standard InChI is InChI=1S/C19H14FN3O2/c1-11-13-6-2-3-8-15(13)23-17(22-11)10-21-19(24)16-9-12-5-4-7-14(20)18(12)25-16/h2-9H,10H2,1H3,(H,21,24). The van der Waals surface area contributed by atoms with Gasteiger partial charge in [0.25, 0.3) is 5.91 Å². The van der Waals surface area contributed by atoms with Crippen LogP contribution in [0, 0.1) is 12.7 Å². The molecule has 0 spiro atoms. The first-order chi connectivity index (χ1) is 12.1. The molecule has 25 heavy (non-hydrogen) atoms. The largest absolute Gasteiger partial charge is 0.448 e. The number of furan rings is 1. The predicted molar refractivity (Wildman–Crippen MR) is 91.6 cm³/mol. The van der Waals surface area contributed by atoms with Crippen molar-refractivity contribution in [2.45, 2.75) is 13.5 Å². The molecule has 1 amide bonds. The summed E-state index contributed by atoms with van der Waals surface area (Å²) in [5.41, 5.74) is 1.75. The van der Waals surface area contributed by atoms with E-state index in [9.17, 15) is 9.18 Å². The fraction of sp³-hybridized carbons (Fsp3) is 0.105. The second kappa shape index (κ2) is 5.98. The van der Waals surface area contributed by atoms with Crippen molar-refractivity contribution in [3.8, 4) is 0 Å². The lowest BCUT2D eigenvalue weighted by Crippen LogP contribution is -2.23. The molecule has 124 valence electrons. The molecule has 2 aromatic heterocycles. The van der Waals surface area contributed by atoms with Crippen molar-refractivity contribution in [2.24, 2.45) is 0 Å². The second-order valence-corrected chi connectivity index (χ2v) is 5.69. The van der Waals surface area contributed by atoms with Crippen LogP contribution in [0.1, 0.15) is 22.1 Å². The van der Waals surface area contributed by atoms with E-state index >= 15 is 0 Å². The highest BCUT2D eigenvalue weighted by Gasteiger charge is 2.15. The quantitative estimate of drug-likeness (QED) is 0.619. The lowest BCUT2D eigenvalue weighted by Gasteiger charge is -2.06. The molecule has 0 aliphatic rings. The number of aromatic nitrogens is 2. The lowest BCUT2D eigenvalue weighted by molar-refractivity contribution is 0.0924. The molecule has 0 fully saturated rings. The maximum atomic E-state index is 13.7. The highest BCUT2D eigenvalue weighted by atomic mass is 19.1. The number of amides is 1. The number of aryl methyl sites for hydroxylation is 1. The molecule has 0 aliphatic carbocycles. The number of hydrogen-bond acceptors (Lipinski definition) is 4. The molecule has 0 unspecified atom stereocenters. The number of hydrogen-bond donors (Lipinski definition) is 1. The fourth-order valence-electron chi connectivity index (χ4n) is 2.76. The molecule has 0 aliphatic heterocycles. The minimum Gasteiger partial charge on any atom is -0.448 e. The number of fused-ring (bicyclic) bond motifs is 2. The third-order valence-electron chi connectivity index (χ3n) is 3.97. The van der Waals surface area contributed by atoms with Gasteiger partial charge < -0.3 is 9.73 Å². The van der Waals surface area contributed by atoms with E-state index in [0.717, 1.165) is 16.6 Å². The van der Waals surface area contributed by atoms with Gasteiger partial charge in [-0.25, -0.2) is 14.4 Å². The normalized spacial score (nSPS) is 11.1. The number of rotatable bonds is 3. The fourth-order valence-corrected chi connectivity index (χ4v) is 2.76. The van der Waals surface area contributed by atoms with Crippen LogP contribution in [0.3, 0.4) is 0 Å². The maximum absolute atomic E-state index is 13.7. The minimum atomic E-state index is -0.495. The summed E-state index contributed by atoms with van der Waals surface area (Å²) < 4.78 is 19.0. The molecule has 0 saturated heterocycles. The van der Waals surface area contributed by atoms with Gasteiger partial charge in [-0.05, 0) is 25.1 Å². The molecule has 1 N–H and O–H groups in total. The molecule has 0 saturated carbocycles. The summed E-state index contributed by atoms with van der Waals surface area (Å²) in [6.45, 7) is 2.06. The monoisotopic (exact) mass is 335 g/mol. The molecule has 2 aromatic carbocycles. The number of nitrogens with one attached hydrogen (secondary N) is 1. The van der Waals surface area contributed by atoms with Gasteiger partial charge in [0.1, 0.15) is 5.82 Å². The van der Waals surface area contributed by atoms with Gasteiger partial charge in [0.15, 0.2) is 17.2 Å². The Balaban J connectivity index is 1.56. The van der Waals surface area contributed by atoms with Crippen LogP contribution in [-0.2, 0) is 6.54 Å². The Morgan fingerprint density at radius 2 is 2.00 bits per heavy atom. The highest BCUT2D eigenvalue weighted by molar-refractivity contribution is 5.96. The van der Waals surface area contributed by atoms with Crippen LogP contribution in [-0.4, -0.2) is 15.9 Å². The smallest absolute Gasteiger partial charge is 0.287 e. The summed E-state index contributed by atoms with van der Waals surface area (Å²) in [5, 5.41) is 4.23. The van der Waals surface area contributed by atoms with Gasteiger partial charge in [-0.1, -0.05) is 30.3 Å². The van der Waals surface area contributed by atoms with E-state index in [0.29, 0.717) is 11.2 Å². The van der Waals surface area contributed by atoms with E-state index in [-0.39, 0.29) is 17.9 Å². The van der Waals surface area contributed by atoms with Gasteiger partial charge in [-0.2, -0.15) is 0 Å². The third kappa shape index (κ3) is 2.82. The van der Waals surface area contributed by atoms with Gasteiger partial charge in [-0.15, -0.1) is 0 Å². The zero-order chi connectivity index (χ0) is 17.4. The van der Waals surface area contributed by atoms with Crippen LogP contribution in [0.2, 0.25) is 0 Å². The van der Waals surface area contributed by atoms with E-state index < -0.39 is 11.7 Å². The molecule has 0 bridgehead atoms. The average Bonchev–Trinajstić information content (AvgIpc) is 3.06. The van der Waals surface area contributed by atoms with E-state index in [1.165, 1.54) is 12.1 Å². The summed E-state index contributed by atoms with van der Waals surface area (Å²) in [4.78, 5) is 21.1. The topological polar surface area (TPSA) is 68.0 Å². The van der Waals surface area contributed by atoms with Crippen LogP contribution in [0.5, 0.6) is 0 Å². The summed E-state index contributed by atoms with van der Waals surface area (Å²) in [7, 11) is 0.